The molecule has 0 saturated heterocycles. The first kappa shape index (κ1) is 13.2. The molecule has 0 saturated carbocycles. The Bertz CT molecular complexity index is 659. The van der Waals surface area contributed by atoms with Gasteiger partial charge in [-0.05, 0) is 17.9 Å². The highest BCUT2D eigenvalue weighted by Gasteiger charge is 2.06. The average molecular weight is 307 g/mol. The molecule has 20 heavy (non-hydrogen) atoms. The maximum absolute atomic E-state index is 11.7. The van der Waals surface area contributed by atoms with Crippen LogP contribution in [-0.2, 0) is 17.6 Å². The van der Waals surface area contributed by atoms with E-state index in [1.165, 1.54) is 16.2 Å². The number of thiophene rings is 1. The Morgan fingerprint density at radius 3 is 3.15 bits per heavy atom. The minimum atomic E-state index is 0.0846. The summed E-state index contributed by atoms with van der Waals surface area (Å²) in [4.78, 5) is 13.7. The van der Waals surface area contributed by atoms with E-state index >= 15 is 0 Å². The Hall–Kier alpha value is -1.80. The maximum atomic E-state index is 11.7. The van der Waals surface area contributed by atoms with Crippen molar-refractivity contribution in [3.05, 3.63) is 33.7 Å². The number of amides is 1. The summed E-state index contributed by atoms with van der Waals surface area (Å²) < 4.78 is 1.65. The van der Waals surface area contributed by atoms with Crippen molar-refractivity contribution in [1.82, 2.24) is 25.1 Å². The highest BCUT2D eigenvalue weighted by Crippen LogP contribution is 2.12. The van der Waals surface area contributed by atoms with E-state index in [-0.39, 0.29) is 5.91 Å². The molecule has 0 atom stereocenters. The SMILES string of the molecule is O=C(CCc1cccs1)NCCc1nn2cnnc2s1. The summed E-state index contributed by atoms with van der Waals surface area (Å²) in [7, 11) is 0. The van der Waals surface area contributed by atoms with Gasteiger partial charge in [0, 0.05) is 24.3 Å². The molecule has 1 amide bonds. The predicted molar refractivity (Wildman–Crippen MR) is 78.0 cm³/mol. The molecule has 1 N–H and O–H groups in total. The van der Waals surface area contributed by atoms with Crippen molar-refractivity contribution in [3.8, 4) is 0 Å². The van der Waals surface area contributed by atoms with Crippen molar-refractivity contribution in [2.45, 2.75) is 19.3 Å². The van der Waals surface area contributed by atoms with Gasteiger partial charge in [0.25, 0.3) is 0 Å². The van der Waals surface area contributed by atoms with Gasteiger partial charge in [-0.2, -0.15) is 9.61 Å². The zero-order valence-corrected chi connectivity index (χ0v) is 12.3. The molecule has 3 aromatic heterocycles. The Kier molecular flexibility index (Phi) is 4.03. The smallest absolute Gasteiger partial charge is 0.234 e. The molecule has 6 nitrogen and oxygen atoms in total. The maximum Gasteiger partial charge on any atom is 0.234 e. The van der Waals surface area contributed by atoms with Gasteiger partial charge in [0.1, 0.15) is 11.3 Å². The summed E-state index contributed by atoms with van der Waals surface area (Å²) in [6, 6.07) is 4.06. The standard InChI is InChI=1S/C12H13N5OS2/c18-10(4-3-9-2-1-7-19-9)13-6-5-11-16-17-8-14-15-12(17)20-11/h1-2,7-8H,3-6H2,(H,13,18). The summed E-state index contributed by atoms with van der Waals surface area (Å²) >= 11 is 3.18. The Labute approximate surface area is 123 Å². The fraction of sp³-hybridized carbons (Fsp3) is 0.333. The zero-order valence-electron chi connectivity index (χ0n) is 10.7. The third-order valence-corrected chi connectivity index (χ3v) is 4.68. The van der Waals surface area contributed by atoms with E-state index < -0.39 is 0 Å². The molecule has 8 heteroatoms. The first-order valence-electron chi connectivity index (χ1n) is 6.26. The van der Waals surface area contributed by atoms with Crippen LogP contribution in [0, 0.1) is 0 Å². The third kappa shape index (κ3) is 3.20. The summed E-state index contributed by atoms with van der Waals surface area (Å²) in [5.74, 6) is 0.0846. The molecule has 0 bridgehead atoms. The zero-order chi connectivity index (χ0) is 13.8. The van der Waals surface area contributed by atoms with Crippen LogP contribution >= 0.6 is 22.7 Å². The number of hydrogen-bond acceptors (Lipinski definition) is 6. The average Bonchev–Trinajstić information content (AvgIpc) is 3.12. The van der Waals surface area contributed by atoms with Crippen LogP contribution in [0.25, 0.3) is 4.96 Å². The lowest BCUT2D eigenvalue weighted by Crippen LogP contribution is -2.25. The topological polar surface area (TPSA) is 72.2 Å². The molecule has 0 aliphatic heterocycles. The van der Waals surface area contributed by atoms with E-state index in [0.29, 0.717) is 13.0 Å². The van der Waals surface area contributed by atoms with Gasteiger partial charge in [-0.3, -0.25) is 4.79 Å². The molecule has 0 unspecified atom stereocenters. The van der Waals surface area contributed by atoms with Gasteiger partial charge in [0.05, 0.1) is 0 Å². The molecule has 0 radical (unpaired) electrons. The van der Waals surface area contributed by atoms with Crippen molar-refractivity contribution >= 4 is 33.5 Å². The minimum Gasteiger partial charge on any atom is -0.356 e. The van der Waals surface area contributed by atoms with E-state index in [9.17, 15) is 4.79 Å². The van der Waals surface area contributed by atoms with Gasteiger partial charge in [-0.25, -0.2) is 0 Å². The van der Waals surface area contributed by atoms with Crippen molar-refractivity contribution in [1.29, 1.82) is 0 Å². The lowest BCUT2D eigenvalue weighted by Gasteiger charge is -2.02. The van der Waals surface area contributed by atoms with Crippen LogP contribution in [0.4, 0.5) is 0 Å². The van der Waals surface area contributed by atoms with E-state index in [1.807, 2.05) is 11.4 Å². The number of rotatable bonds is 6. The quantitative estimate of drug-likeness (QED) is 0.750. The second-order valence-corrected chi connectivity index (χ2v) is 6.31. The van der Waals surface area contributed by atoms with Crippen LogP contribution in [0.2, 0.25) is 0 Å². The summed E-state index contributed by atoms with van der Waals surface area (Å²) in [6.45, 7) is 0.605. The molecule has 0 aliphatic carbocycles. The van der Waals surface area contributed by atoms with E-state index in [4.69, 9.17) is 0 Å². The minimum absolute atomic E-state index is 0.0846. The second-order valence-electron chi connectivity index (χ2n) is 4.23. The molecule has 3 heterocycles. The van der Waals surface area contributed by atoms with E-state index in [2.05, 4.69) is 26.7 Å². The van der Waals surface area contributed by atoms with Crippen molar-refractivity contribution in [2.24, 2.45) is 0 Å². The van der Waals surface area contributed by atoms with E-state index in [0.717, 1.165) is 22.8 Å². The van der Waals surface area contributed by atoms with Gasteiger partial charge in [0.2, 0.25) is 10.9 Å². The number of carbonyl (C=O) groups excluding carboxylic acids is 1. The molecule has 0 aliphatic rings. The van der Waals surface area contributed by atoms with Crippen LogP contribution < -0.4 is 5.32 Å². The third-order valence-electron chi connectivity index (χ3n) is 2.77. The van der Waals surface area contributed by atoms with Gasteiger partial charge in [-0.15, -0.1) is 21.5 Å². The Morgan fingerprint density at radius 2 is 2.35 bits per heavy atom. The fourth-order valence-corrected chi connectivity index (χ4v) is 3.31. The normalized spacial score (nSPS) is 11.0. The lowest BCUT2D eigenvalue weighted by atomic mass is 10.2. The highest BCUT2D eigenvalue weighted by atomic mass is 32.1. The van der Waals surface area contributed by atoms with Crippen LogP contribution in [-0.4, -0.2) is 32.3 Å². The van der Waals surface area contributed by atoms with Gasteiger partial charge in [-0.1, -0.05) is 17.4 Å². The number of aryl methyl sites for hydroxylation is 1. The number of carbonyl (C=O) groups is 1. The predicted octanol–water partition coefficient (Wildman–Crippen LogP) is 1.54. The van der Waals surface area contributed by atoms with Gasteiger partial charge < -0.3 is 5.32 Å². The number of aromatic nitrogens is 4. The van der Waals surface area contributed by atoms with Crippen LogP contribution in [0.3, 0.4) is 0 Å². The van der Waals surface area contributed by atoms with Crippen LogP contribution in [0.15, 0.2) is 23.8 Å². The van der Waals surface area contributed by atoms with Gasteiger partial charge >= 0.3 is 0 Å². The number of nitrogens with one attached hydrogen (secondary N) is 1. The van der Waals surface area contributed by atoms with Crippen LogP contribution in [0.1, 0.15) is 16.3 Å². The van der Waals surface area contributed by atoms with E-state index in [1.54, 1.807) is 22.2 Å². The van der Waals surface area contributed by atoms with Crippen molar-refractivity contribution < 1.29 is 4.79 Å². The first-order chi connectivity index (χ1) is 9.81. The molecular formula is C12H13N5OS2. The second kappa shape index (κ2) is 6.10. The first-order valence-corrected chi connectivity index (χ1v) is 7.96. The summed E-state index contributed by atoms with van der Waals surface area (Å²) in [6.07, 6.45) is 3.64. The monoisotopic (exact) mass is 307 g/mol. The molecular weight excluding hydrogens is 294 g/mol. The molecule has 104 valence electrons. The molecule has 3 aromatic rings. The number of hydrogen-bond donors (Lipinski definition) is 1. The van der Waals surface area contributed by atoms with Gasteiger partial charge in [0.15, 0.2) is 0 Å². The molecule has 0 fully saturated rings. The number of nitrogens with zero attached hydrogens (tertiary/aromatic N) is 4. The molecule has 0 aromatic carbocycles. The highest BCUT2D eigenvalue weighted by molar-refractivity contribution is 7.16. The summed E-state index contributed by atoms with van der Waals surface area (Å²) in [5.41, 5.74) is 0. The molecule has 3 rings (SSSR count). The van der Waals surface area contributed by atoms with Crippen LogP contribution in [0.5, 0.6) is 0 Å². The largest absolute Gasteiger partial charge is 0.356 e. The van der Waals surface area contributed by atoms with Crippen molar-refractivity contribution in [3.63, 3.8) is 0 Å². The summed E-state index contributed by atoms with van der Waals surface area (Å²) in [5, 5.41) is 17.9. The van der Waals surface area contributed by atoms with Crippen molar-refractivity contribution in [2.75, 3.05) is 6.54 Å². The Balaban J connectivity index is 1.40. The number of fused-ring (bicyclic) bond motifs is 1. The Morgan fingerprint density at radius 1 is 1.40 bits per heavy atom. The molecule has 0 spiro atoms. The fourth-order valence-electron chi connectivity index (χ4n) is 1.79. The lowest BCUT2D eigenvalue weighted by molar-refractivity contribution is -0.121.